The van der Waals surface area contributed by atoms with Crippen LogP contribution >= 0.6 is 11.6 Å². The monoisotopic (exact) mass is 347 g/mol. The Morgan fingerprint density at radius 1 is 1.21 bits per heavy atom. The van der Waals surface area contributed by atoms with Gasteiger partial charge in [0, 0.05) is 29.1 Å². The van der Waals surface area contributed by atoms with Crippen molar-refractivity contribution in [3.8, 4) is 0 Å². The molecule has 24 heavy (non-hydrogen) atoms. The second-order valence-corrected chi connectivity index (χ2v) is 5.51. The van der Waals surface area contributed by atoms with E-state index in [1.54, 1.807) is 24.3 Å². The molecule has 3 N–H and O–H groups in total. The van der Waals surface area contributed by atoms with E-state index >= 15 is 0 Å². The number of benzene rings is 2. The fourth-order valence-corrected chi connectivity index (χ4v) is 2.34. The Bertz CT molecular complexity index is 794. The van der Waals surface area contributed by atoms with E-state index in [1.165, 1.54) is 18.2 Å². The number of nitrogens with two attached hydrogens (primary N) is 1. The van der Waals surface area contributed by atoms with E-state index in [0.29, 0.717) is 5.02 Å². The number of rotatable bonds is 6. The van der Waals surface area contributed by atoms with Crippen LogP contribution in [-0.2, 0) is 11.2 Å². The van der Waals surface area contributed by atoms with Gasteiger partial charge in [-0.2, -0.15) is 0 Å². The lowest BCUT2D eigenvalue weighted by atomic mass is 10.0. The molecular weight excluding hydrogens is 334 g/mol. The molecule has 0 aliphatic heterocycles. The summed E-state index contributed by atoms with van der Waals surface area (Å²) < 4.78 is 0. The van der Waals surface area contributed by atoms with Gasteiger partial charge in [-0.25, -0.2) is 0 Å². The molecule has 0 spiro atoms. The van der Waals surface area contributed by atoms with Gasteiger partial charge >= 0.3 is 0 Å². The maximum atomic E-state index is 12.2. The molecule has 0 saturated carbocycles. The third-order valence-corrected chi connectivity index (χ3v) is 3.53. The number of non-ortho nitro benzene ring substituents is 1. The predicted octanol–water partition coefficient (Wildman–Crippen LogP) is 2.07. The summed E-state index contributed by atoms with van der Waals surface area (Å²) in [6.07, 6.45) is 0.163. The summed E-state index contributed by atoms with van der Waals surface area (Å²) in [7, 11) is 0. The quantitative estimate of drug-likeness (QED) is 0.614. The summed E-state index contributed by atoms with van der Waals surface area (Å²) >= 11 is 5.89. The highest BCUT2D eigenvalue weighted by atomic mass is 35.5. The van der Waals surface area contributed by atoms with Crippen LogP contribution in [0.1, 0.15) is 15.9 Å². The molecule has 2 amide bonds. The van der Waals surface area contributed by atoms with E-state index in [4.69, 9.17) is 17.3 Å². The second-order valence-electron chi connectivity index (χ2n) is 5.07. The molecule has 1 atom stereocenters. The van der Waals surface area contributed by atoms with Gasteiger partial charge < -0.3 is 11.1 Å². The lowest BCUT2D eigenvalue weighted by Crippen LogP contribution is -2.45. The molecule has 0 aliphatic carbocycles. The summed E-state index contributed by atoms with van der Waals surface area (Å²) in [5, 5.41) is 13.8. The molecule has 0 aromatic heterocycles. The van der Waals surface area contributed by atoms with Crippen molar-refractivity contribution in [1.29, 1.82) is 0 Å². The first-order chi connectivity index (χ1) is 11.4. The zero-order chi connectivity index (χ0) is 17.7. The van der Waals surface area contributed by atoms with Gasteiger partial charge in [0.25, 0.3) is 11.6 Å². The zero-order valence-electron chi connectivity index (χ0n) is 12.4. The fourth-order valence-electron chi connectivity index (χ4n) is 2.12. The van der Waals surface area contributed by atoms with Crippen LogP contribution in [0.25, 0.3) is 0 Å². The Hall–Kier alpha value is -2.93. The highest BCUT2D eigenvalue weighted by Crippen LogP contribution is 2.15. The van der Waals surface area contributed by atoms with Gasteiger partial charge in [0.2, 0.25) is 5.91 Å². The maximum Gasteiger partial charge on any atom is 0.270 e. The van der Waals surface area contributed by atoms with Crippen molar-refractivity contribution in [3.63, 3.8) is 0 Å². The molecule has 0 heterocycles. The molecule has 7 nitrogen and oxygen atoms in total. The van der Waals surface area contributed by atoms with E-state index in [0.717, 1.165) is 11.6 Å². The highest BCUT2D eigenvalue weighted by molar-refractivity contribution is 6.30. The van der Waals surface area contributed by atoms with Crippen molar-refractivity contribution in [2.45, 2.75) is 12.5 Å². The first-order valence-corrected chi connectivity index (χ1v) is 7.33. The molecule has 0 unspecified atom stereocenters. The van der Waals surface area contributed by atoms with Gasteiger partial charge in [-0.15, -0.1) is 0 Å². The van der Waals surface area contributed by atoms with Crippen molar-refractivity contribution < 1.29 is 14.5 Å². The van der Waals surface area contributed by atoms with Crippen molar-refractivity contribution in [1.82, 2.24) is 5.32 Å². The number of halogens is 1. The average Bonchev–Trinajstić information content (AvgIpc) is 2.54. The Morgan fingerprint density at radius 2 is 1.92 bits per heavy atom. The van der Waals surface area contributed by atoms with Gasteiger partial charge in [-0.1, -0.05) is 29.8 Å². The standard InChI is InChI=1S/C16H14ClN3O4/c17-12-5-1-3-10(7-12)8-14(15(18)21)19-16(22)11-4-2-6-13(9-11)20(23)24/h1-7,9,14H,8H2,(H2,18,21)(H,19,22)/t14-/m1/s1. The predicted molar refractivity (Wildman–Crippen MR) is 88.7 cm³/mol. The molecule has 0 fully saturated rings. The van der Waals surface area contributed by atoms with Gasteiger partial charge in [0.1, 0.15) is 6.04 Å². The summed E-state index contributed by atoms with van der Waals surface area (Å²) in [5.74, 6) is -1.33. The number of hydrogen-bond acceptors (Lipinski definition) is 4. The minimum Gasteiger partial charge on any atom is -0.368 e. The molecular formula is C16H14ClN3O4. The van der Waals surface area contributed by atoms with E-state index in [2.05, 4.69) is 5.32 Å². The van der Waals surface area contributed by atoms with Crippen LogP contribution in [0.15, 0.2) is 48.5 Å². The highest BCUT2D eigenvalue weighted by Gasteiger charge is 2.20. The first kappa shape index (κ1) is 17.4. The van der Waals surface area contributed by atoms with E-state index in [-0.39, 0.29) is 17.7 Å². The van der Waals surface area contributed by atoms with Crippen LogP contribution < -0.4 is 11.1 Å². The van der Waals surface area contributed by atoms with Gasteiger partial charge in [-0.3, -0.25) is 19.7 Å². The van der Waals surface area contributed by atoms with Gasteiger partial charge in [-0.05, 0) is 23.8 Å². The number of primary amides is 1. The number of nitro groups is 1. The first-order valence-electron chi connectivity index (χ1n) is 6.96. The third kappa shape index (κ3) is 4.53. The molecule has 124 valence electrons. The molecule has 0 saturated heterocycles. The van der Waals surface area contributed by atoms with Crippen molar-refractivity contribution >= 4 is 29.1 Å². The molecule has 0 radical (unpaired) electrons. The van der Waals surface area contributed by atoms with E-state index in [1.807, 2.05) is 0 Å². The normalized spacial score (nSPS) is 11.5. The smallest absolute Gasteiger partial charge is 0.270 e. The minimum absolute atomic E-state index is 0.0709. The number of carbonyl (C=O) groups is 2. The number of hydrogen-bond donors (Lipinski definition) is 2. The number of nitrogens with one attached hydrogen (secondary N) is 1. The van der Waals surface area contributed by atoms with Gasteiger partial charge in [0.15, 0.2) is 0 Å². The molecule has 2 aromatic carbocycles. The van der Waals surface area contributed by atoms with Crippen molar-refractivity contribution in [2.24, 2.45) is 5.73 Å². The number of nitrogens with zero attached hydrogens (tertiary/aromatic N) is 1. The fraction of sp³-hybridized carbons (Fsp3) is 0.125. The SMILES string of the molecule is NC(=O)[C@@H](Cc1cccc(Cl)c1)NC(=O)c1cccc([N+](=O)[O-])c1. The zero-order valence-corrected chi connectivity index (χ0v) is 13.2. The Labute approximate surface area is 142 Å². The second kappa shape index (κ2) is 7.56. The van der Waals surface area contributed by atoms with E-state index in [9.17, 15) is 19.7 Å². The van der Waals surface area contributed by atoms with Crippen LogP contribution in [0.2, 0.25) is 5.02 Å². The summed E-state index contributed by atoms with van der Waals surface area (Å²) in [6, 6.07) is 11.1. The molecule has 2 rings (SSSR count). The van der Waals surface area contributed by atoms with Crippen LogP contribution in [0, 0.1) is 10.1 Å². The summed E-state index contributed by atoms with van der Waals surface area (Å²) in [6.45, 7) is 0. The topological polar surface area (TPSA) is 115 Å². The minimum atomic E-state index is -0.963. The largest absolute Gasteiger partial charge is 0.368 e. The molecule has 0 aliphatic rings. The third-order valence-electron chi connectivity index (χ3n) is 3.30. The Kier molecular flexibility index (Phi) is 5.49. The number of amides is 2. The van der Waals surface area contributed by atoms with Crippen molar-refractivity contribution in [2.75, 3.05) is 0 Å². The van der Waals surface area contributed by atoms with Crippen LogP contribution in [0.4, 0.5) is 5.69 Å². The van der Waals surface area contributed by atoms with Crippen molar-refractivity contribution in [3.05, 3.63) is 74.8 Å². The summed E-state index contributed by atoms with van der Waals surface area (Å²) in [4.78, 5) is 34.0. The molecule has 2 aromatic rings. The molecule has 8 heteroatoms. The van der Waals surface area contributed by atoms with Crippen LogP contribution in [0.5, 0.6) is 0 Å². The van der Waals surface area contributed by atoms with Crippen LogP contribution in [0.3, 0.4) is 0 Å². The van der Waals surface area contributed by atoms with E-state index < -0.39 is 22.8 Å². The maximum absolute atomic E-state index is 12.2. The Balaban J connectivity index is 2.15. The lowest BCUT2D eigenvalue weighted by Gasteiger charge is -2.15. The van der Waals surface area contributed by atoms with Crippen LogP contribution in [-0.4, -0.2) is 22.8 Å². The molecule has 0 bridgehead atoms. The van der Waals surface area contributed by atoms with Gasteiger partial charge in [0.05, 0.1) is 4.92 Å². The average molecular weight is 348 g/mol. The Morgan fingerprint density at radius 3 is 2.54 bits per heavy atom. The summed E-state index contributed by atoms with van der Waals surface area (Å²) in [5.41, 5.74) is 5.92. The lowest BCUT2D eigenvalue weighted by molar-refractivity contribution is -0.384. The number of carbonyl (C=O) groups excluding carboxylic acids is 2. The number of nitro benzene ring substituents is 1.